The van der Waals surface area contributed by atoms with Crippen LogP contribution in [0.1, 0.15) is 133 Å². The van der Waals surface area contributed by atoms with Gasteiger partial charge in [0.25, 0.3) is 11.8 Å². The smallest absolute Gasteiger partial charge is 0.251 e. The summed E-state index contributed by atoms with van der Waals surface area (Å²) in [5.74, 6) is 1.91. The van der Waals surface area contributed by atoms with E-state index in [1.54, 1.807) is 0 Å². The maximum atomic E-state index is 12.5. The van der Waals surface area contributed by atoms with Crippen LogP contribution in [-0.2, 0) is 17.6 Å². The molecule has 3 N–H and O–H groups in total. The number of rotatable bonds is 13. The van der Waals surface area contributed by atoms with Gasteiger partial charge in [0.15, 0.2) is 0 Å². The van der Waals surface area contributed by atoms with Crippen molar-refractivity contribution in [3.05, 3.63) is 131 Å². The van der Waals surface area contributed by atoms with Gasteiger partial charge in [0.2, 0.25) is 0 Å². The summed E-state index contributed by atoms with van der Waals surface area (Å²) < 4.78 is 3.78. The topological polar surface area (TPSA) is 152 Å². The van der Waals surface area contributed by atoms with E-state index < -0.39 is 0 Å². The highest BCUT2D eigenvalue weighted by molar-refractivity contribution is 5.97. The van der Waals surface area contributed by atoms with Crippen molar-refractivity contribution in [2.75, 3.05) is 26.2 Å². The van der Waals surface area contributed by atoms with Gasteiger partial charge in [0.05, 0.1) is 36.2 Å². The molecule has 4 aromatic heterocycles. The number of hydrogen-bond donors (Lipinski definition) is 3. The minimum absolute atomic E-state index is 0. The van der Waals surface area contributed by atoms with Crippen LogP contribution < -0.4 is 16.0 Å². The first-order valence-corrected chi connectivity index (χ1v) is 26.5. The number of benzene rings is 2. The Morgan fingerprint density at radius 3 is 1.49 bits per heavy atom. The molecule has 2 aromatic carbocycles. The van der Waals surface area contributed by atoms with Crippen LogP contribution >= 0.6 is 12.4 Å². The molecule has 6 fully saturated rings. The number of nitrogens with one attached hydrogen (secondary N) is 3. The van der Waals surface area contributed by atoms with Gasteiger partial charge in [-0.05, 0) is 205 Å². The average molecular weight is 992 g/mol. The van der Waals surface area contributed by atoms with E-state index >= 15 is 0 Å². The standard InChI is InChI=1S/C29H35N5O.C25H29N5O.C4H6O.ClH/c1-20-5-6-23(29(35)32-25-7-8-25)15-28(20)24-17-31-34(19-24)27-14-22(16-30-18-27)13-21-9-11-33(12-10-21)26-3-2-4-26;1-17-2-3-20(25(31)29-22-4-5-22)12-24(17)21-14-28-30(16-21)23-11-19(13-27-15-23)10-18-6-8-26-9-7-18;5-4-2-1-3-4;/h5-6,14-19,21,25-26H,2-4,7-13H2,1H3,(H,32,35);2-3,11-16,18,22,26H,4-10H2,1H3,(H,29,31);1-3H2;1H. The van der Waals surface area contributed by atoms with Crippen LogP contribution in [0.4, 0.5) is 0 Å². The number of hydrogen-bond acceptors (Lipinski definition) is 9. The quantitative estimate of drug-likeness (QED) is 0.103. The summed E-state index contributed by atoms with van der Waals surface area (Å²) in [6.07, 6.45) is 34.1. The van der Waals surface area contributed by atoms with Gasteiger partial charge in [-0.2, -0.15) is 10.2 Å². The molecule has 0 spiro atoms. The van der Waals surface area contributed by atoms with Crippen molar-refractivity contribution in [2.45, 2.75) is 135 Å². The summed E-state index contributed by atoms with van der Waals surface area (Å²) in [7, 11) is 0. The maximum Gasteiger partial charge on any atom is 0.251 e. The van der Waals surface area contributed by atoms with Crippen LogP contribution in [0.15, 0.2) is 98.1 Å². The summed E-state index contributed by atoms with van der Waals surface area (Å²) in [4.78, 5) is 46.6. The SMILES string of the molecule is Cc1ccc(C(=O)NC2CC2)cc1-c1cnn(-c2cncc(CC3CCN(C4CCC4)CC3)c2)c1.Cc1ccc(C(=O)NC2CC2)cc1-c1cnn(-c2cncc(CC3CCNCC3)c2)c1.Cl.O=C1CCC1. The number of halogens is 1. The summed E-state index contributed by atoms with van der Waals surface area (Å²) in [5, 5.41) is 18.8. The number of aryl methyl sites for hydroxylation is 2. The highest BCUT2D eigenvalue weighted by Gasteiger charge is 2.29. The van der Waals surface area contributed by atoms with Crippen LogP contribution in [0.3, 0.4) is 0 Å². The first kappa shape index (κ1) is 50.9. The third-order valence-corrected chi connectivity index (χ3v) is 15.4. The summed E-state index contributed by atoms with van der Waals surface area (Å²) in [5.41, 5.74) is 12.3. The van der Waals surface area contributed by atoms with Crippen LogP contribution in [0.5, 0.6) is 0 Å². The zero-order chi connectivity index (χ0) is 48.7. The number of nitrogens with zero attached hydrogens (tertiary/aromatic N) is 7. The first-order chi connectivity index (χ1) is 34.7. The van der Waals surface area contributed by atoms with Gasteiger partial charge in [-0.1, -0.05) is 18.6 Å². The summed E-state index contributed by atoms with van der Waals surface area (Å²) in [6, 6.07) is 17.8. The predicted molar refractivity (Wildman–Crippen MR) is 285 cm³/mol. The molecular weight excluding hydrogens is 920 g/mol. The van der Waals surface area contributed by atoms with Crippen LogP contribution in [0.2, 0.25) is 0 Å². The summed E-state index contributed by atoms with van der Waals surface area (Å²) >= 11 is 0. The highest BCUT2D eigenvalue weighted by atomic mass is 35.5. The van der Waals surface area contributed by atoms with E-state index in [4.69, 9.17) is 0 Å². The number of likely N-dealkylation sites (tertiary alicyclic amines) is 1. The van der Waals surface area contributed by atoms with Gasteiger partial charge >= 0.3 is 0 Å². The second kappa shape index (κ2) is 23.7. The number of pyridine rings is 2. The minimum Gasteiger partial charge on any atom is -0.349 e. The van der Waals surface area contributed by atoms with Gasteiger partial charge < -0.3 is 20.9 Å². The molecule has 6 aliphatic rings. The van der Waals surface area contributed by atoms with E-state index in [-0.39, 0.29) is 24.2 Å². The maximum absolute atomic E-state index is 12.5. The summed E-state index contributed by atoms with van der Waals surface area (Å²) in [6.45, 7) is 8.86. The average Bonchev–Trinajstić information content (AvgIpc) is 4.26. The minimum atomic E-state index is 0. The number of carbonyl (C=O) groups is 3. The van der Waals surface area contributed by atoms with Gasteiger partial charge in [-0.3, -0.25) is 24.4 Å². The fraction of sp³-hybridized carbons (Fsp3) is 0.466. The Morgan fingerprint density at radius 2 is 1.07 bits per heavy atom. The molecule has 4 saturated carbocycles. The van der Waals surface area contributed by atoms with Crippen LogP contribution in [0, 0.1) is 25.7 Å². The lowest BCUT2D eigenvalue weighted by atomic mass is 9.86. The van der Waals surface area contributed by atoms with Crippen molar-refractivity contribution < 1.29 is 14.4 Å². The van der Waals surface area contributed by atoms with E-state index in [0.29, 0.717) is 29.0 Å². The van der Waals surface area contributed by atoms with Gasteiger partial charge in [0, 0.05) is 78.0 Å². The van der Waals surface area contributed by atoms with Gasteiger partial charge in [0.1, 0.15) is 5.78 Å². The predicted octanol–water partition coefficient (Wildman–Crippen LogP) is 9.78. The molecule has 4 aliphatic carbocycles. The number of carbonyl (C=O) groups excluding carboxylic acids is 3. The molecule has 72 heavy (non-hydrogen) atoms. The molecule has 2 aliphatic heterocycles. The van der Waals surface area contributed by atoms with Gasteiger partial charge in [-0.15, -0.1) is 12.4 Å². The Kier molecular flexibility index (Phi) is 16.7. The van der Waals surface area contributed by atoms with Crippen LogP contribution in [0.25, 0.3) is 33.6 Å². The molecule has 2 saturated heterocycles. The number of amides is 2. The molecule has 0 unspecified atom stereocenters. The fourth-order valence-corrected chi connectivity index (χ4v) is 10.1. The Morgan fingerprint density at radius 1 is 0.597 bits per heavy atom. The fourth-order valence-electron chi connectivity index (χ4n) is 10.1. The molecule has 0 radical (unpaired) electrons. The Labute approximate surface area is 430 Å². The number of ketones is 1. The molecular formula is C58H71ClN10O3. The Hall–Kier alpha value is -6.02. The van der Waals surface area contributed by atoms with Crippen molar-refractivity contribution >= 4 is 30.0 Å². The van der Waals surface area contributed by atoms with Crippen molar-refractivity contribution in [2.24, 2.45) is 11.8 Å². The lowest BCUT2D eigenvalue weighted by Crippen LogP contribution is -2.45. The molecule has 12 rings (SSSR count). The Balaban J connectivity index is 0.000000161. The molecule has 2 amide bonds. The molecule has 0 bridgehead atoms. The van der Waals surface area contributed by atoms with Crippen molar-refractivity contribution in [1.29, 1.82) is 0 Å². The molecule has 14 heteroatoms. The third-order valence-electron chi connectivity index (χ3n) is 15.4. The van der Waals surface area contributed by atoms with Crippen LogP contribution in [-0.4, -0.2) is 96.3 Å². The van der Waals surface area contributed by atoms with Crippen molar-refractivity contribution in [3.8, 4) is 33.6 Å². The zero-order valence-corrected chi connectivity index (χ0v) is 42.8. The molecule has 0 atom stereocenters. The molecule has 13 nitrogen and oxygen atoms in total. The second-order valence-electron chi connectivity index (χ2n) is 21.1. The third kappa shape index (κ3) is 13.3. The van der Waals surface area contributed by atoms with E-state index in [0.717, 1.165) is 134 Å². The molecule has 6 aromatic rings. The number of aromatic nitrogens is 6. The van der Waals surface area contributed by atoms with E-state index in [1.165, 1.54) is 69.2 Å². The Bertz CT molecular complexity index is 2810. The lowest BCUT2D eigenvalue weighted by Gasteiger charge is -2.41. The molecule has 6 heterocycles. The molecule has 378 valence electrons. The van der Waals surface area contributed by atoms with Crippen molar-refractivity contribution in [3.63, 3.8) is 0 Å². The van der Waals surface area contributed by atoms with Crippen molar-refractivity contribution in [1.82, 2.24) is 50.4 Å². The zero-order valence-electron chi connectivity index (χ0n) is 42.0. The van der Waals surface area contributed by atoms with E-state index in [1.807, 2.05) is 95.3 Å². The normalized spacial score (nSPS) is 18.3. The second-order valence-corrected chi connectivity index (χ2v) is 21.1. The number of Topliss-reactive ketones (excluding diaryl/α,β-unsaturated/α-hetero) is 1. The highest BCUT2D eigenvalue weighted by Crippen LogP contribution is 2.32. The number of piperidine rings is 2. The van der Waals surface area contributed by atoms with Gasteiger partial charge in [-0.25, -0.2) is 9.36 Å². The largest absolute Gasteiger partial charge is 0.349 e. The lowest BCUT2D eigenvalue weighted by molar-refractivity contribution is -0.123. The van der Waals surface area contributed by atoms with E-state index in [9.17, 15) is 14.4 Å². The van der Waals surface area contributed by atoms with E-state index in [2.05, 4.69) is 67.0 Å². The first-order valence-electron chi connectivity index (χ1n) is 26.5. The monoisotopic (exact) mass is 991 g/mol.